The number of aryl methyl sites for hydroxylation is 1. The Kier molecular flexibility index (Phi) is 6.18. The molecule has 0 spiro atoms. The maximum absolute atomic E-state index is 13.8. The number of esters is 1. The molecule has 2 atom stereocenters. The first-order chi connectivity index (χ1) is 16.2. The van der Waals surface area contributed by atoms with Crippen LogP contribution in [0.4, 0.5) is 4.79 Å². The number of hydrogen-bond acceptors (Lipinski definition) is 7. The summed E-state index contributed by atoms with van der Waals surface area (Å²) in [5, 5.41) is 2.04. The number of methoxy groups -OCH3 is 1. The number of carbonyl (C=O) groups is 3. The number of amides is 2. The van der Waals surface area contributed by atoms with E-state index in [9.17, 15) is 22.8 Å². The number of nitrogens with one attached hydrogen (secondary N) is 1. The van der Waals surface area contributed by atoms with Gasteiger partial charge in [-0.05, 0) is 31.0 Å². The number of carbonyl (C=O) groups excluding carboxylic acids is 3. The lowest BCUT2D eigenvalue weighted by atomic mass is 9.60. The molecular weight excluding hydrogens is 460 g/mol. The standard InChI is InChI=1S/C24H24N2O7S/c1-16-8-10-19(11-9-16)34(30,31)26(15-17-6-4-3-5-7-17)20-14-18-12-13-33-22(28)24(18,20)21(27)25-23(29)32-2/h3-11,14,18H,12-13,15H2,1-2H3,(H,25,27,29). The molecule has 1 aliphatic carbocycles. The van der Waals surface area contributed by atoms with Crippen LogP contribution < -0.4 is 5.32 Å². The third-order valence-corrected chi connectivity index (χ3v) is 7.88. The van der Waals surface area contributed by atoms with Crippen molar-refractivity contribution in [2.45, 2.75) is 24.8 Å². The Hall–Kier alpha value is -3.66. The van der Waals surface area contributed by atoms with E-state index in [1.807, 2.05) is 12.2 Å². The molecule has 2 amide bonds. The molecule has 34 heavy (non-hydrogen) atoms. The van der Waals surface area contributed by atoms with Gasteiger partial charge in [-0.2, -0.15) is 0 Å². The van der Waals surface area contributed by atoms with Crippen molar-refractivity contribution < 1.29 is 32.3 Å². The number of allylic oxidation sites excluding steroid dienone is 1. The van der Waals surface area contributed by atoms with Crippen LogP contribution in [0, 0.1) is 18.3 Å². The highest BCUT2D eigenvalue weighted by atomic mass is 32.2. The third-order valence-electron chi connectivity index (χ3n) is 6.11. The lowest BCUT2D eigenvalue weighted by Gasteiger charge is -2.50. The first kappa shape index (κ1) is 23.5. The van der Waals surface area contributed by atoms with E-state index < -0.39 is 39.3 Å². The molecule has 0 saturated carbocycles. The number of imide groups is 1. The van der Waals surface area contributed by atoms with E-state index in [1.54, 1.807) is 48.5 Å². The van der Waals surface area contributed by atoms with Crippen LogP contribution >= 0.6 is 0 Å². The molecule has 10 heteroatoms. The van der Waals surface area contributed by atoms with Crippen LogP contribution in [0.2, 0.25) is 0 Å². The predicted molar refractivity (Wildman–Crippen MR) is 120 cm³/mol. The summed E-state index contributed by atoms with van der Waals surface area (Å²) in [6.45, 7) is 1.79. The number of nitrogens with zero attached hydrogens (tertiary/aromatic N) is 1. The average Bonchev–Trinajstić information content (AvgIpc) is 2.80. The molecule has 0 radical (unpaired) electrons. The van der Waals surface area contributed by atoms with Gasteiger partial charge in [-0.25, -0.2) is 13.2 Å². The first-order valence-electron chi connectivity index (χ1n) is 10.6. The van der Waals surface area contributed by atoms with Crippen LogP contribution in [0.3, 0.4) is 0 Å². The summed E-state index contributed by atoms with van der Waals surface area (Å²) in [6, 6.07) is 15.1. The minimum Gasteiger partial charge on any atom is -0.465 e. The molecule has 2 aromatic rings. The fourth-order valence-electron chi connectivity index (χ4n) is 4.27. The third kappa shape index (κ3) is 3.83. The van der Waals surface area contributed by atoms with Gasteiger partial charge in [0.05, 0.1) is 30.9 Å². The number of ether oxygens (including phenoxy) is 2. The number of hydrogen-bond donors (Lipinski definition) is 1. The maximum Gasteiger partial charge on any atom is 0.413 e. The van der Waals surface area contributed by atoms with Crippen LogP contribution in [0.25, 0.3) is 0 Å². The molecule has 1 fully saturated rings. The zero-order chi connectivity index (χ0) is 24.5. The van der Waals surface area contributed by atoms with Crippen LogP contribution in [0.15, 0.2) is 71.3 Å². The molecule has 1 N–H and O–H groups in total. The van der Waals surface area contributed by atoms with E-state index in [-0.39, 0.29) is 23.7 Å². The van der Waals surface area contributed by atoms with Crippen LogP contribution in [0.5, 0.6) is 0 Å². The van der Waals surface area contributed by atoms with Gasteiger partial charge in [-0.3, -0.25) is 19.2 Å². The second kappa shape index (κ2) is 8.94. The van der Waals surface area contributed by atoms with Gasteiger partial charge in [0.1, 0.15) is 0 Å². The van der Waals surface area contributed by atoms with E-state index in [0.29, 0.717) is 12.0 Å². The van der Waals surface area contributed by atoms with E-state index in [2.05, 4.69) is 4.74 Å². The van der Waals surface area contributed by atoms with Crippen LogP contribution in [0.1, 0.15) is 17.5 Å². The van der Waals surface area contributed by atoms with Crippen LogP contribution in [-0.2, 0) is 35.6 Å². The number of benzene rings is 2. The van der Waals surface area contributed by atoms with Gasteiger partial charge in [-0.1, -0.05) is 54.1 Å². The van der Waals surface area contributed by atoms with Crippen molar-refractivity contribution in [2.24, 2.45) is 11.3 Å². The Morgan fingerprint density at radius 2 is 1.82 bits per heavy atom. The second-order valence-corrected chi connectivity index (χ2v) is 10.0. The van der Waals surface area contributed by atoms with Crippen LogP contribution in [-0.4, -0.2) is 44.4 Å². The summed E-state index contributed by atoms with van der Waals surface area (Å²) in [7, 11) is -3.11. The van der Waals surface area contributed by atoms with E-state index in [0.717, 1.165) is 17.0 Å². The van der Waals surface area contributed by atoms with Crippen molar-refractivity contribution in [3.8, 4) is 0 Å². The van der Waals surface area contributed by atoms with Crippen molar-refractivity contribution in [2.75, 3.05) is 13.7 Å². The van der Waals surface area contributed by atoms with Gasteiger partial charge < -0.3 is 9.47 Å². The minimum atomic E-state index is -4.19. The number of rotatable bonds is 6. The van der Waals surface area contributed by atoms with E-state index >= 15 is 0 Å². The normalized spacial score (nSPS) is 21.3. The predicted octanol–water partition coefficient (Wildman–Crippen LogP) is 2.52. The molecule has 0 aromatic heterocycles. The van der Waals surface area contributed by atoms with Gasteiger partial charge >= 0.3 is 12.1 Å². The average molecular weight is 485 g/mol. The molecule has 2 aliphatic rings. The van der Waals surface area contributed by atoms with Crippen molar-refractivity contribution in [1.82, 2.24) is 9.62 Å². The fourth-order valence-corrected chi connectivity index (χ4v) is 5.79. The first-order valence-corrected chi connectivity index (χ1v) is 12.1. The van der Waals surface area contributed by atoms with Crippen molar-refractivity contribution >= 4 is 28.0 Å². The highest BCUT2D eigenvalue weighted by Gasteiger charge is 2.66. The summed E-state index contributed by atoms with van der Waals surface area (Å²) >= 11 is 0. The molecule has 2 unspecified atom stereocenters. The Morgan fingerprint density at radius 1 is 1.15 bits per heavy atom. The molecule has 1 aliphatic heterocycles. The Balaban J connectivity index is 1.84. The maximum atomic E-state index is 13.8. The van der Waals surface area contributed by atoms with Crippen molar-refractivity contribution in [1.29, 1.82) is 0 Å². The zero-order valence-corrected chi connectivity index (χ0v) is 19.5. The zero-order valence-electron chi connectivity index (χ0n) is 18.7. The molecule has 9 nitrogen and oxygen atoms in total. The SMILES string of the molecule is COC(=O)NC(=O)C12C(=O)OCCC1C=C2N(Cc1ccccc1)S(=O)(=O)c1ccc(C)cc1. The van der Waals surface area contributed by atoms with Gasteiger partial charge in [0, 0.05) is 5.92 Å². The van der Waals surface area contributed by atoms with Crippen molar-refractivity contribution in [3.63, 3.8) is 0 Å². The molecule has 0 bridgehead atoms. The van der Waals surface area contributed by atoms with Gasteiger partial charge in [0.2, 0.25) is 0 Å². The number of cyclic esters (lactones) is 1. The van der Waals surface area contributed by atoms with E-state index in [4.69, 9.17) is 4.74 Å². The Morgan fingerprint density at radius 3 is 2.44 bits per heavy atom. The van der Waals surface area contributed by atoms with Crippen molar-refractivity contribution in [3.05, 3.63) is 77.5 Å². The smallest absolute Gasteiger partial charge is 0.413 e. The van der Waals surface area contributed by atoms with Gasteiger partial charge in [0.25, 0.3) is 15.9 Å². The monoisotopic (exact) mass is 484 g/mol. The highest BCUT2D eigenvalue weighted by molar-refractivity contribution is 7.89. The van der Waals surface area contributed by atoms with Gasteiger partial charge in [0.15, 0.2) is 5.41 Å². The number of alkyl carbamates (subject to hydrolysis) is 1. The topological polar surface area (TPSA) is 119 Å². The second-order valence-electron chi connectivity index (χ2n) is 8.15. The molecule has 1 saturated heterocycles. The summed E-state index contributed by atoms with van der Waals surface area (Å²) in [5.41, 5.74) is -0.511. The lowest BCUT2D eigenvalue weighted by Crippen LogP contribution is -2.63. The lowest BCUT2D eigenvalue weighted by molar-refractivity contribution is -0.171. The summed E-state index contributed by atoms with van der Waals surface area (Å²) in [6.07, 6.45) is 0.846. The quantitative estimate of drug-likeness (QED) is 0.494. The summed E-state index contributed by atoms with van der Waals surface area (Å²) in [5.74, 6) is -2.51. The molecule has 4 rings (SSSR count). The molecule has 178 valence electrons. The van der Waals surface area contributed by atoms with Gasteiger partial charge in [-0.15, -0.1) is 0 Å². The van der Waals surface area contributed by atoms with E-state index in [1.165, 1.54) is 12.1 Å². The largest absolute Gasteiger partial charge is 0.465 e. The minimum absolute atomic E-state index is 0.00563. The molecule has 1 heterocycles. The Labute approximate surface area is 197 Å². The number of sulfonamides is 1. The highest BCUT2D eigenvalue weighted by Crippen LogP contribution is 2.54. The molecule has 2 aromatic carbocycles. The summed E-state index contributed by atoms with van der Waals surface area (Å²) < 4.78 is 38.4. The molecular formula is C24H24N2O7S. The number of fused-ring (bicyclic) bond motifs is 1. The summed E-state index contributed by atoms with van der Waals surface area (Å²) in [4.78, 5) is 38.1. The fraction of sp³-hybridized carbons (Fsp3) is 0.292. The Bertz CT molecular complexity index is 1260.